The van der Waals surface area contributed by atoms with Crippen molar-refractivity contribution < 1.29 is 4.79 Å². The molecule has 110 valence electrons. The first-order chi connectivity index (χ1) is 9.78. The average Bonchev–Trinajstić information content (AvgIpc) is 2.95. The summed E-state index contributed by atoms with van der Waals surface area (Å²) >= 11 is 0. The molecule has 0 N–H and O–H groups in total. The lowest BCUT2D eigenvalue weighted by molar-refractivity contribution is -0.132. The quantitative estimate of drug-likeness (QED) is 0.840. The molecule has 0 saturated carbocycles. The molecule has 3 rings (SSSR count). The highest BCUT2D eigenvalue weighted by Gasteiger charge is 2.28. The molecular weight excluding hydrogens is 252 g/mol. The highest BCUT2D eigenvalue weighted by Crippen LogP contribution is 2.21. The van der Waals surface area contributed by atoms with Gasteiger partial charge >= 0.3 is 0 Å². The molecule has 1 saturated heterocycles. The van der Waals surface area contributed by atoms with Gasteiger partial charge in [-0.3, -0.25) is 9.69 Å². The monoisotopic (exact) mass is 276 g/mol. The van der Waals surface area contributed by atoms with Gasteiger partial charge in [0.25, 0.3) is 0 Å². The van der Waals surface area contributed by atoms with Crippen LogP contribution in [0.15, 0.2) is 12.4 Å². The highest BCUT2D eigenvalue weighted by molar-refractivity contribution is 5.76. The number of aromatic nitrogens is 2. The smallest absolute Gasteiger partial charge is 0.222 e. The molecule has 0 aromatic carbocycles. The minimum absolute atomic E-state index is 0.333. The summed E-state index contributed by atoms with van der Waals surface area (Å²) in [6.07, 6.45) is 7.83. The van der Waals surface area contributed by atoms with Gasteiger partial charge in [-0.25, -0.2) is 4.98 Å². The minimum atomic E-state index is 0.333. The predicted molar refractivity (Wildman–Crippen MR) is 77.1 cm³/mol. The van der Waals surface area contributed by atoms with E-state index in [2.05, 4.69) is 27.6 Å². The van der Waals surface area contributed by atoms with Crippen molar-refractivity contribution in [2.75, 3.05) is 19.6 Å². The second-order valence-corrected chi connectivity index (χ2v) is 5.87. The van der Waals surface area contributed by atoms with Crippen LogP contribution in [0.2, 0.25) is 0 Å². The summed E-state index contributed by atoms with van der Waals surface area (Å²) in [5.41, 5.74) is 0. The highest BCUT2D eigenvalue weighted by atomic mass is 16.2. The lowest BCUT2D eigenvalue weighted by Gasteiger charge is -2.40. The summed E-state index contributed by atoms with van der Waals surface area (Å²) in [4.78, 5) is 20.9. The molecule has 2 aliphatic heterocycles. The van der Waals surface area contributed by atoms with Crippen LogP contribution in [0.3, 0.4) is 0 Å². The van der Waals surface area contributed by atoms with Crippen LogP contribution in [0.4, 0.5) is 0 Å². The van der Waals surface area contributed by atoms with Crippen LogP contribution < -0.4 is 0 Å². The SMILES string of the molecule is CCCC(=O)N1CCC(N2CCn3ccnc3C2)CC1. The fourth-order valence-electron chi connectivity index (χ4n) is 3.36. The Hall–Kier alpha value is -1.36. The van der Waals surface area contributed by atoms with E-state index < -0.39 is 0 Å². The number of fused-ring (bicyclic) bond motifs is 1. The molecule has 3 heterocycles. The van der Waals surface area contributed by atoms with Crippen molar-refractivity contribution >= 4 is 5.91 Å². The lowest BCUT2D eigenvalue weighted by Crippen LogP contribution is -2.48. The number of nitrogens with zero attached hydrogens (tertiary/aromatic N) is 4. The van der Waals surface area contributed by atoms with Crippen molar-refractivity contribution in [3.05, 3.63) is 18.2 Å². The van der Waals surface area contributed by atoms with E-state index in [1.807, 2.05) is 11.1 Å². The predicted octanol–water partition coefficient (Wildman–Crippen LogP) is 1.49. The third-order valence-electron chi connectivity index (χ3n) is 4.57. The summed E-state index contributed by atoms with van der Waals surface area (Å²) < 4.78 is 2.25. The Morgan fingerprint density at radius 3 is 2.85 bits per heavy atom. The van der Waals surface area contributed by atoms with Crippen LogP contribution in [-0.2, 0) is 17.9 Å². The number of likely N-dealkylation sites (tertiary alicyclic amines) is 1. The molecule has 1 aromatic rings. The van der Waals surface area contributed by atoms with Crippen LogP contribution in [0.25, 0.3) is 0 Å². The Bertz CT molecular complexity index is 462. The number of carbonyl (C=O) groups excluding carboxylic acids is 1. The zero-order chi connectivity index (χ0) is 13.9. The van der Waals surface area contributed by atoms with Crippen molar-refractivity contribution in [1.82, 2.24) is 19.4 Å². The standard InChI is InChI=1S/C15H24N4O/c1-2-3-15(20)18-7-4-13(5-8-18)19-11-10-17-9-6-16-14(17)12-19/h6,9,13H,2-5,7-8,10-12H2,1H3. The molecule has 0 bridgehead atoms. The van der Waals surface area contributed by atoms with E-state index >= 15 is 0 Å². The third kappa shape index (κ3) is 2.73. The van der Waals surface area contributed by atoms with E-state index in [-0.39, 0.29) is 0 Å². The molecule has 0 atom stereocenters. The van der Waals surface area contributed by atoms with E-state index in [1.54, 1.807) is 0 Å². The Labute approximate surface area is 120 Å². The van der Waals surface area contributed by atoms with Gasteiger partial charge in [0, 0.05) is 51.0 Å². The second-order valence-electron chi connectivity index (χ2n) is 5.87. The summed E-state index contributed by atoms with van der Waals surface area (Å²) in [5.74, 6) is 1.51. The van der Waals surface area contributed by atoms with Crippen LogP contribution in [0.1, 0.15) is 38.4 Å². The van der Waals surface area contributed by atoms with Gasteiger partial charge in [0.1, 0.15) is 5.82 Å². The maximum Gasteiger partial charge on any atom is 0.222 e. The van der Waals surface area contributed by atoms with E-state index in [1.165, 1.54) is 5.82 Å². The van der Waals surface area contributed by atoms with Gasteiger partial charge in [0.05, 0.1) is 6.54 Å². The first kappa shape index (κ1) is 13.6. The van der Waals surface area contributed by atoms with Gasteiger partial charge in [-0.15, -0.1) is 0 Å². The number of carbonyl (C=O) groups is 1. The van der Waals surface area contributed by atoms with E-state index in [4.69, 9.17) is 0 Å². The minimum Gasteiger partial charge on any atom is -0.343 e. The number of piperidine rings is 1. The summed E-state index contributed by atoms with van der Waals surface area (Å²) in [7, 11) is 0. The number of imidazole rings is 1. The average molecular weight is 276 g/mol. The molecule has 2 aliphatic rings. The molecule has 20 heavy (non-hydrogen) atoms. The van der Waals surface area contributed by atoms with Crippen molar-refractivity contribution in [3.63, 3.8) is 0 Å². The van der Waals surface area contributed by atoms with Crippen molar-refractivity contribution in [3.8, 4) is 0 Å². The van der Waals surface area contributed by atoms with E-state index in [0.717, 1.165) is 52.0 Å². The van der Waals surface area contributed by atoms with Gasteiger partial charge in [-0.05, 0) is 19.3 Å². The lowest BCUT2D eigenvalue weighted by atomic mass is 10.0. The number of hydrogen-bond acceptors (Lipinski definition) is 3. The van der Waals surface area contributed by atoms with Crippen LogP contribution in [0.5, 0.6) is 0 Å². The maximum absolute atomic E-state index is 11.9. The Balaban J connectivity index is 1.53. The molecule has 1 fully saturated rings. The molecule has 1 amide bonds. The Morgan fingerprint density at radius 2 is 2.10 bits per heavy atom. The summed E-state index contributed by atoms with van der Waals surface area (Å²) in [6, 6.07) is 0.617. The van der Waals surface area contributed by atoms with Gasteiger partial charge in [0.15, 0.2) is 0 Å². The fraction of sp³-hybridized carbons (Fsp3) is 0.733. The molecule has 0 unspecified atom stereocenters. The normalized spacial score (nSPS) is 20.9. The van der Waals surface area contributed by atoms with Crippen LogP contribution in [0, 0.1) is 0 Å². The molecule has 5 heteroatoms. The van der Waals surface area contributed by atoms with E-state index in [0.29, 0.717) is 18.4 Å². The Kier molecular flexibility index (Phi) is 4.05. The summed E-state index contributed by atoms with van der Waals surface area (Å²) in [6.45, 7) is 7.03. The third-order valence-corrected chi connectivity index (χ3v) is 4.57. The maximum atomic E-state index is 11.9. The zero-order valence-electron chi connectivity index (χ0n) is 12.3. The van der Waals surface area contributed by atoms with Crippen molar-refractivity contribution in [1.29, 1.82) is 0 Å². The van der Waals surface area contributed by atoms with E-state index in [9.17, 15) is 4.79 Å². The molecule has 0 radical (unpaired) electrons. The van der Waals surface area contributed by atoms with Gasteiger partial charge in [-0.2, -0.15) is 0 Å². The zero-order valence-corrected chi connectivity index (χ0v) is 12.3. The molecule has 0 aliphatic carbocycles. The molecule has 5 nitrogen and oxygen atoms in total. The van der Waals surface area contributed by atoms with Crippen molar-refractivity contribution in [2.24, 2.45) is 0 Å². The molecular formula is C15H24N4O. The van der Waals surface area contributed by atoms with Crippen LogP contribution >= 0.6 is 0 Å². The number of hydrogen-bond donors (Lipinski definition) is 0. The largest absolute Gasteiger partial charge is 0.343 e. The van der Waals surface area contributed by atoms with Gasteiger partial charge < -0.3 is 9.47 Å². The number of amides is 1. The Morgan fingerprint density at radius 1 is 1.30 bits per heavy atom. The topological polar surface area (TPSA) is 41.4 Å². The van der Waals surface area contributed by atoms with Crippen LogP contribution in [-0.4, -0.2) is 50.9 Å². The van der Waals surface area contributed by atoms with Gasteiger partial charge in [-0.1, -0.05) is 6.92 Å². The second kappa shape index (κ2) is 5.95. The summed E-state index contributed by atoms with van der Waals surface area (Å²) in [5, 5.41) is 0. The van der Waals surface area contributed by atoms with Crippen molar-refractivity contribution in [2.45, 2.75) is 51.7 Å². The fourth-order valence-corrected chi connectivity index (χ4v) is 3.36. The van der Waals surface area contributed by atoms with Gasteiger partial charge in [0.2, 0.25) is 5.91 Å². The first-order valence-corrected chi connectivity index (χ1v) is 7.79. The number of rotatable bonds is 3. The molecule has 1 aromatic heterocycles. The first-order valence-electron chi connectivity index (χ1n) is 7.79. The molecule has 0 spiro atoms.